The van der Waals surface area contributed by atoms with Crippen LogP contribution in [0.3, 0.4) is 0 Å². The molecule has 0 radical (unpaired) electrons. The standard InChI is InChI=1S/C17H13F3N6O2/c18-17(19,20)13-8-6-12(7-9-13)16(28)23-21-14(27)10-26-24-15(22-25-26)11-4-2-1-3-5-11/h1-9H,10H2,(H,21,27)(H,23,28). The van der Waals surface area contributed by atoms with Crippen LogP contribution in [-0.2, 0) is 17.5 Å². The number of halogens is 3. The van der Waals surface area contributed by atoms with Gasteiger partial charge in [-0.1, -0.05) is 30.3 Å². The SMILES string of the molecule is O=C(Cn1nnc(-c2ccccc2)n1)NNC(=O)c1ccc(C(F)(F)F)cc1. The fourth-order valence-corrected chi connectivity index (χ4v) is 2.19. The van der Waals surface area contributed by atoms with E-state index >= 15 is 0 Å². The van der Waals surface area contributed by atoms with Crippen molar-refractivity contribution in [3.8, 4) is 11.4 Å². The average Bonchev–Trinajstić information content (AvgIpc) is 3.14. The van der Waals surface area contributed by atoms with Gasteiger partial charge in [-0.3, -0.25) is 20.4 Å². The van der Waals surface area contributed by atoms with Gasteiger partial charge in [0.05, 0.1) is 5.56 Å². The smallest absolute Gasteiger partial charge is 0.271 e. The highest BCUT2D eigenvalue weighted by Gasteiger charge is 2.30. The van der Waals surface area contributed by atoms with Crippen LogP contribution in [0, 0.1) is 0 Å². The quantitative estimate of drug-likeness (QED) is 0.662. The predicted octanol–water partition coefficient (Wildman–Crippen LogP) is 1.82. The Bertz CT molecular complexity index is 971. The molecule has 0 aliphatic rings. The molecule has 1 heterocycles. The van der Waals surface area contributed by atoms with Gasteiger partial charge in [0.2, 0.25) is 5.82 Å². The molecule has 0 bridgehead atoms. The molecule has 144 valence electrons. The van der Waals surface area contributed by atoms with E-state index in [9.17, 15) is 22.8 Å². The molecule has 1 aromatic heterocycles. The zero-order valence-electron chi connectivity index (χ0n) is 14.1. The van der Waals surface area contributed by atoms with Crippen LogP contribution in [0.15, 0.2) is 54.6 Å². The van der Waals surface area contributed by atoms with Gasteiger partial charge in [-0.25, -0.2) is 0 Å². The Morgan fingerprint density at radius 2 is 1.64 bits per heavy atom. The summed E-state index contributed by atoms with van der Waals surface area (Å²) >= 11 is 0. The Morgan fingerprint density at radius 1 is 0.964 bits per heavy atom. The van der Waals surface area contributed by atoms with Crippen LogP contribution >= 0.6 is 0 Å². The third kappa shape index (κ3) is 4.69. The largest absolute Gasteiger partial charge is 0.416 e. The molecule has 2 aromatic carbocycles. The lowest BCUT2D eigenvalue weighted by Gasteiger charge is -2.09. The molecule has 0 spiro atoms. The Morgan fingerprint density at radius 3 is 2.29 bits per heavy atom. The van der Waals surface area contributed by atoms with Crippen molar-refractivity contribution >= 4 is 11.8 Å². The molecule has 3 aromatic rings. The molecular formula is C17H13F3N6O2. The van der Waals surface area contributed by atoms with Crippen molar-refractivity contribution in [1.29, 1.82) is 0 Å². The molecule has 28 heavy (non-hydrogen) atoms. The zero-order valence-corrected chi connectivity index (χ0v) is 14.1. The van der Waals surface area contributed by atoms with Gasteiger partial charge in [0.1, 0.15) is 6.54 Å². The first-order valence-corrected chi connectivity index (χ1v) is 7.92. The van der Waals surface area contributed by atoms with Crippen LogP contribution in [0.2, 0.25) is 0 Å². The number of rotatable bonds is 4. The summed E-state index contributed by atoms with van der Waals surface area (Å²) in [7, 11) is 0. The summed E-state index contributed by atoms with van der Waals surface area (Å²) in [5, 5.41) is 11.6. The van der Waals surface area contributed by atoms with E-state index in [0.29, 0.717) is 5.82 Å². The fourth-order valence-electron chi connectivity index (χ4n) is 2.19. The lowest BCUT2D eigenvalue weighted by molar-refractivity contribution is -0.137. The predicted molar refractivity (Wildman–Crippen MR) is 90.3 cm³/mol. The Balaban J connectivity index is 1.53. The number of hydrogen-bond donors (Lipinski definition) is 2. The number of aromatic nitrogens is 4. The highest BCUT2D eigenvalue weighted by atomic mass is 19.4. The molecule has 11 heteroatoms. The lowest BCUT2D eigenvalue weighted by atomic mass is 10.1. The Hall–Kier alpha value is -3.76. The first-order chi connectivity index (χ1) is 13.3. The summed E-state index contributed by atoms with van der Waals surface area (Å²) in [6, 6.07) is 12.6. The number of nitrogens with zero attached hydrogens (tertiary/aromatic N) is 4. The number of carbonyl (C=O) groups excluding carboxylic acids is 2. The topological polar surface area (TPSA) is 102 Å². The number of benzene rings is 2. The summed E-state index contributed by atoms with van der Waals surface area (Å²) < 4.78 is 37.5. The van der Waals surface area contributed by atoms with E-state index in [1.165, 1.54) is 0 Å². The van der Waals surface area contributed by atoms with Crippen LogP contribution in [-0.4, -0.2) is 32.0 Å². The summed E-state index contributed by atoms with van der Waals surface area (Å²) in [6.45, 7) is -0.312. The van der Waals surface area contributed by atoms with Gasteiger partial charge in [-0.05, 0) is 29.5 Å². The van der Waals surface area contributed by atoms with Gasteiger partial charge < -0.3 is 0 Å². The number of hydrogen-bond acceptors (Lipinski definition) is 5. The number of tetrazole rings is 1. The maximum absolute atomic E-state index is 12.5. The minimum absolute atomic E-state index is 0.0430. The van der Waals surface area contributed by atoms with Gasteiger partial charge in [0, 0.05) is 11.1 Å². The molecule has 0 unspecified atom stereocenters. The molecule has 0 aliphatic heterocycles. The summed E-state index contributed by atoms with van der Waals surface area (Å²) in [4.78, 5) is 24.8. The molecule has 0 fully saturated rings. The first-order valence-electron chi connectivity index (χ1n) is 7.92. The van der Waals surface area contributed by atoms with Gasteiger partial charge in [0.25, 0.3) is 11.8 Å². The molecular weight excluding hydrogens is 377 g/mol. The molecule has 3 rings (SSSR count). The fraction of sp³-hybridized carbons (Fsp3) is 0.118. The molecule has 0 saturated carbocycles. The maximum Gasteiger partial charge on any atom is 0.416 e. The number of hydrazine groups is 1. The van der Waals surface area contributed by atoms with Crippen molar-refractivity contribution in [2.75, 3.05) is 0 Å². The van der Waals surface area contributed by atoms with Crippen LogP contribution in [0.1, 0.15) is 15.9 Å². The van der Waals surface area contributed by atoms with Gasteiger partial charge in [-0.15, -0.1) is 10.2 Å². The van der Waals surface area contributed by atoms with Crippen LogP contribution < -0.4 is 10.9 Å². The lowest BCUT2D eigenvalue weighted by Crippen LogP contribution is -2.43. The monoisotopic (exact) mass is 390 g/mol. The van der Waals surface area contributed by atoms with Crippen molar-refractivity contribution in [3.63, 3.8) is 0 Å². The van der Waals surface area contributed by atoms with E-state index in [1.807, 2.05) is 6.07 Å². The van der Waals surface area contributed by atoms with Gasteiger partial charge >= 0.3 is 6.18 Å². The second kappa shape index (κ2) is 7.86. The third-order valence-electron chi connectivity index (χ3n) is 3.56. The minimum Gasteiger partial charge on any atom is -0.271 e. The van der Waals surface area contributed by atoms with Crippen molar-refractivity contribution in [3.05, 3.63) is 65.7 Å². The normalized spacial score (nSPS) is 11.1. The Kier molecular flexibility index (Phi) is 5.34. The second-order valence-corrected chi connectivity index (χ2v) is 5.59. The number of carbonyl (C=O) groups is 2. The van der Waals surface area contributed by atoms with Gasteiger partial charge in [-0.2, -0.15) is 18.0 Å². The third-order valence-corrected chi connectivity index (χ3v) is 3.56. The second-order valence-electron chi connectivity index (χ2n) is 5.59. The van der Waals surface area contributed by atoms with Gasteiger partial charge in [0.15, 0.2) is 0 Å². The maximum atomic E-state index is 12.5. The van der Waals surface area contributed by atoms with E-state index < -0.39 is 23.6 Å². The molecule has 0 atom stereocenters. The highest BCUT2D eigenvalue weighted by Crippen LogP contribution is 2.29. The average molecular weight is 390 g/mol. The van der Waals surface area contributed by atoms with E-state index in [-0.39, 0.29) is 12.1 Å². The van der Waals surface area contributed by atoms with E-state index in [1.54, 1.807) is 24.3 Å². The van der Waals surface area contributed by atoms with Crippen molar-refractivity contribution in [1.82, 2.24) is 31.1 Å². The van der Waals surface area contributed by atoms with E-state index in [0.717, 1.165) is 34.6 Å². The molecule has 0 aliphatic carbocycles. The molecule has 2 N–H and O–H groups in total. The molecule has 0 saturated heterocycles. The summed E-state index contributed by atoms with van der Waals surface area (Å²) in [5.74, 6) is -1.07. The summed E-state index contributed by atoms with van der Waals surface area (Å²) in [5.41, 5.74) is 4.05. The van der Waals surface area contributed by atoms with Crippen LogP contribution in [0.5, 0.6) is 0 Å². The zero-order chi connectivity index (χ0) is 20.1. The van der Waals surface area contributed by atoms with E-state index in [2.05, 4.69) is 26.3 Å². The number of alkyl halides is 3. The first kappa shape index (κ1) is 19.0. The minimum atomic E-state index is -4.49. The number of nitrogens with one attached hydrogen (secondary N) is 2. The Labute approximate surface area is 156 Å². The highest BCUT2D eigenvalue weighted by molar-refractivity contribution is 5.95. The van der Waals surface area contributed by atoms with Crippen LogP contribution in [0.25, 0.3) is 11.4 Å². The van der Waals surface area contributed by atoms with Crippen LogP contribution in [0.4, 0.5) is 13.2 Å². The van der Waals surface area contributed by atoms with E-state index in [4.69, 9.17) is 0 Å². The van der Waals surface area contributed by atoms with Crippen molar-refractivity contribution in [2.45, 2.75) is 12.7 Å². The molecule has 2 amide bonds. The molecule has 8 nitrogen and oxygen atoms in total. The van der Waals surface area contributed by atoms with Crippen molar-refractivity contribution < 1.29 is 22.8 Å². The summed E-state index contributed by atoms with van der Waals surface area (Å²) in [6.07, 6.45) is -4.49. The number of amides is 2. The van der Waals surface area contributed by atoms with Crippen molar-refractivity contribution in [2.24, 2.45) is 0 Å².